The molecule has 1 aliphatic heterocycles. The van der Waals surface area contributed by atoms with Gasteiger partial charge in [-0.05, 0) is 25.0 Å². The molecule has 1 aliphatic rings. The Morgan fingerprint density at radius 2 is 2.33 bits per heavy atom. The van der Waals surface area contributed by atoms with Gasteiger partial charge in [-0.1, -0.05) is 0 Å². The van der Waals surface area contributed by atoms with Crippen LogP contribution in [0.3, 0.4) is 0 Å². The summed E-state index contributed by atoms with van der Waals surface area (Å²) in [6, 6.07) is 4.97. The van der Waals surface area contributed by atoms with Crippen molar-refractivity contribution in [3.63, 3.8) is 0 Å². The molecule has 1 atom stereocenters. The molecule has 1 fully saturated rings. The molecule has 3 N–H and O–H groups in total. The maximum atomic E-state index is 12.3. The highest BCUT2D eigenvalue weighted by Crippen LogP contribution is 2.24. The van der Waals surface area contributed by atoms with Crippen molar-refractivity contribution >= 4 is 11.6 Å². The summed E-state index contributed by atoms with van der Waals surface area (Å²) in [5.41, 5.74) is 6.70. The number of aliphatic hydroxyl groups is 1. The third-order valence-electron chi connectivity index (χ3n) is 3.14. The van der Waals surface area contributed by atoms with E-state index in [2.05, 4.69) is 0 Å². The number of amides is 1. The number of nitrogen functional groups attached to an aromatic ring is 1. The lowest BCUT2D eigenvalue weighted by atomic mass is 10.1. The number of hydrogen-bond donors (Lipinski definition) is 2. The average Bonchev–Trinajstić information content (AvgIpc) is 2.37. The van der Waals surface area contributed by atoms with Crippen LogP contribution in [-0.4, -0.2) is 42.2 Å². The summed E-state index contributed by atoms with van der Waals surface area (Å²) >= 11 is 0. The van der Waals surface area contributed by atoms with Gasteiger partial charge >= 0.3 is 0 Å². The van der Waals surface area contributed by atoms with E-state index in [9.17, 15) is 9.90 Å². The van der Waals surface area contributed by atoms with Crippen molar-refractivity contribution in [3.05, 3.63) is 23.8 Å². The van der Waals surface area contributed by atoms with Gasteiger partial charge < -0.3 is 20.5 Å². The fourth-order valence-electron chi connectivity index (χ4n) is 2.19. The molecule has 2 rings (SSSR count). The van der Waals surface area contributed by atoms with Gasteiger partial charge in [-0.25, -0.2) is 0 Å². The highest BCUT2D eigenvalue weighted by atomic mass is 16.5. The summed E-state index contributed by atoms with van der Waals surface area (Å²) in [4.78, 5) is 14.0. The number of rotatable bonds is 2. The Balaban J connectivity index is 2.22. The van der Waals surface area contributed by atoms with Crippen LogP contribution < -0.4 is 10.5 Å². The quantitative estimate of drug-likeness (QED) is 0.764. The largest absolute Gasteiger partial charge is 0.496 e. The fourth-order valence-corrected chi connectivity index (χ4v) is 2.19. The third kappa shape index (κ3) is 2.56. The van der Waals surface area contributed by atoms with Crippen LogP contribution in [0, 0.1) is 0 Å². The minimum Gasteiger partial charge on any atom is -0.496 e. The van der Waals surface area contributed by atoms with Crippen LogP contribution in [0.15, 0.2) is 18.2 Å². The minimum atomic E-state index is -0.428. The van der Waals surface area contributed by atoms with E-state index in [1.165, 1.54) is 7.11 Å². The van der Waals surface area contributed by atoms with Crippen LogP contribution in [0.2, 0.25) is 0 Å². The van der Waals surface area contributed by atoms with E-state index in [1.807, 2.05) is 0 Å². The first-order chi connectivity index (χ1) is 8.61. The van der Waals surface area contributed by atoms with Gasteiger partial charge in [0.05, 0.1) is 18.8 Å². The van der Waals surface area contributed by atoms with Crippen LogP contribution in [0.5, 0.6) is 5.75 Å². The Kier molecular flexibility index (Phi) is 3.72. The molecule has 1 aromatic carbocycles. The number of nitrogens with zero attached hydrogens (tertiary/aromatic N) is 1. The summed E-state index contributed by atoms with van der Waals surface area (Å²) in [5.74, 6) is 0.352. The van der Waals surface area contributed by atoms with Crippen molar-refractivity contribution < 1.29 is 14.6 Å². The van der Waals surface area contributed by atoms with Crippen molar-refractivity contribution in [2.24, 2.45) is 0 Å². The van der Waals surface area contributed by atoms with Crippen LogP contribution >= 0.6 is 0 Å². The number of methoxy groups -OCH3 is 1. The lowest BCUT2D eigenvalue weighted by Gasteiger charge is -2.30. The van der Waals surface area contributed by atoms with Gasteiger partial charge in [0.1, 0.15) is 5.75 Å². The first-order valence-corrected chi connectivity index (χ1v) is 6.02. The van der Waals surface area contributed by atoms with Gasteiger partial charge in [0.15, 0.2) is 0 Å². The van der Waals surface area contributed by atoms with E-state index in [0.717, 1.165) is 12.8 Å². The van der Waals surface area contributed by atoms with E-state index in [-0.39, 0.29) is 5.91 Å². The second kappa shape index (κ2) is 5.27. The first-order valence-electron chi connectivity index (χ1n) is 6.02. The molecule has 1 saturated heterocycles. The van der Waals surface area contributed by atoms with Crippen molar-refractivity contribution in [2.75, 3.05) is 25.9 Å². The number of anilines is 1. The number of nitrogens with two attached hydrogens (primary N) is 1. The monoisotopic (exact) mass is 250 g/mol. The average molecular weight is 250 g/mol. The van der Waals surface area contributed by atoms with Gasteiger partial charge in [-0.3, -0.25) is 4.79 Å². The zero-order valence-electron chi connectivity index (χ0n) is 10.4. The predicted octanol–water partition coefficient (Wildman–Crippen LogP) is 0.874. The van der Waals surface area contributed by atoms with E-state index < -0.39 is 6.10 Å². The molecular formula is C13H18N2O3. The first kappa shape index (κ1) is 12.7. The molecule has 1 amide bonds. The molecule has 98 valence electrons. The molecule has 1 heterocycles. The van der Waals surface area contributed by atoms with Gasteiger partial charge in [0.25, 0.3) is 5.91 Å². The molecule has 1 unspecified atom stereocenters. The van der Waals surface area contributed by atoms with Gasteiger partial charge in [0, 0.05) is 24.8 Å². The highest BCUT2D eigenvalue weighted by molar-refractivity contribution is 5.97. The van der Waals surface area contributed by atoms with Crippen molar-refractivity contribution in [3.8, 4) is 5.75 Å². The predicted molar refractivity (Wildman–Crippen MR) is 68.6 cm³/mol. The number of β-amino-alcohol motifs (C(OH)–C–C–N with tert-alkyl or cyclic N) is 1. The second-order valence-corrected chi connectivity index (χ2v) is 4.51. The van der Waals surface area contributed by atoms with Crippen LogP contribution in [0.1, 0.15) is 23.2 Å². The molecule has 0 aliphatic carbocycles. The van der Waals surface area contributed by atoms with Crippen LogP contribution in [0.25, 0.3) is 0 Å². The van der Waals surface area contributed by atoms with Crippen LogP contribution in [-0.2, 0) is 0 Å². The summed E-state index contributed by atoms with van der Waals surface area (Å²) in [6.45, 7) is 1.05. The van der Waals surface area contributed by atoms with Crippen molar-refractivity contribution in [2.45, 2.75) is 18.9 Å². The van der Waals surface area contributed by atoms with E-state index >= 15 is 0 Å². The Morgan fingerprint density at radius 3 is 3.00 bits per heavy atom. The third-order valence-corrected chi connectivity index (χ3v) is 3.14. The summed E-state index contributed by atoms with van der Waals surface area (Å²) in [6.07, 6.45) is 1.15. The van der Waals surface area contributed by atoms with Crippen molar-refractivity contribution in [1.29, 1.82) is 0 Å². The van der Waals surface area contributed by atoms with E-state index in [4.69, 9.17) is 10.5 Å². The lowest BCUT2D eigenvalue weighted by molar-refractivity contribution is 0.0471. The minimum absolute atomic E-state index is 0.120. The second-order valence-electron chi connectivity index (χ2n) is 4.51. The molecule has 5 heteroatoms. The number of hydrogen-bond acceptors (Lipinski definition) is 4. The normalized spacial score (nSPS) is 19.7. The number of piperidine rings is 1. The zero-order chi connectivity index (χ0) is 13.1. The maximum absolute atomic E-state index is 12.3. The number of aliphatic hydroxyl groups excluding tert-OH is 1. The highest BCUT2D eigenvalue weighted by Gasteiger charge is 2.25. The Labute approximate surface area is 106 Å². The maximum Gasteiger partial charge on any atom is 0.257 e. The smallest absolute Gasteiger partial charge is 0.257 e. The van der Waals surface area contributed by atoms with Crippen molar-refractivity contribution in [1.82, 2.24) is 4.90 Å². The number of benzene rings is 1. The molecule has 0 saturated carbocycles. The standard InChI is InChI=1S/C13H18N2O3/c1-18-12-7-9(14)4-5-11(12)13(17)15-6-2-3-10(16)8-15/h4-5,7,10,16H,2-3,6,8,14H2,1H3. The summed E-state index contributed by atoms with van der Waals surface area (Å²) < 4.78 is 5.17. The Hall–Kier alpha value is -1.75. The van der Waals surface area contributed by atoms with E-state index in [1.54, 1.807) is 23.1 Å². The molecular weight excluding hydrogens is 232 g/mol. The molecule has 0 radical (unpaired) electrons. The lowest BCUT2D eigenvalue weighted by Crippen LogP contribution is -2.42. The Bertz CT molecular complexity index is 448. The molecule has 5 nitrogen and oxygen atoms in total. The number of ether oxygens (including phenoxy) is 1. The summed E-state index contributed by atoms with van der Waals surface area (Å²) in [5, 5.41) is 9.60. The molecule has 0 bridgehead atoms. The molecule has 18 heavy (non-hydrogen) atoms. The SMILES string of the molecule is COc1cc(N)ccc1C(=O)N1CCCC(O)C1. The van der Waals surface area contributed by atoms with Gasteiger partial charge in [0.2, 0.25) is 0 Å². The summed E-state index contributed by atoms with van der Waals surface area (Å²) in [7, 11) is 1.51. The zero-order valence-corrected chi connectivity index (χ0v) is 10.4. The molecule has 0 aromatic heterocycles. The number of carbonyl (C=O) groups is 1. The van der Waals surface area contributed by atoms with Gasteiger partial charge in [-0.2, -0.15) is 0 Å². The molecule has 1 aromatic rings. The van der Waals surface area contributed by atoms with Crippen LogP contribution in [0.4, 0.5) is 5.69 Å². The number of likely N-dealkylation sites (tertiary alicyclic amines) is 1. The van der Waals surface area contributed by atoms with Gasteiger partial charge in [-0.15, -0.1) is 0 Å². The topological polar surface area (TPSA) is 75.8 Å². The van der Waals surface area contributed by atoms with E-state index in [0.29, 0.717) is 30.1 Å². The fraction of sp³-hybridized carbons (Fsp3) is 0.462. The Morgan fingerprint density at radius 1 is 1.56 bits per heavy atom. The number of carbonyl (C=O) groups excluding carboxylic acids is 1. The molecule has 0 spiro atoms.